The van der Waals surface area contributed by atoms with Gasteiger partial charge in [-0.15, -0.1) is 0 Å². The van der Waals surface area contributed by atoms with Crippen molar-refractivity contribution in [2.75, 3.05) is 50.5 Å². The summed E-state index contributed by atoms with van der Waals surface area (Å²) >= 11 is 0. The molecule has 0 radical (unpaired) electrons. The number of hydrogen-bond donors (Lipinski definition) is 8. The van der Waals surface area contributed by atoms with Gasteiger partial charge in [-0.3, -0.25) is 29.0 Å². The first-order valence-corrected chi connectivity index (χ1v) is 18.0. The van der Waals surface area contributed by atoms with Gasteiger partial charge in [-0.1, -0.05) is 0 Å². The van der Waals surface area contributed by atoms with Crippen molar-refractivity contribution in [1.82, 2.24) is 41.2 Å². The first-order valence-electron chi connectivity index (χ1n) is 18.0. The van der Waals surface area contributed by atoms with Crippen molar-refractivity contribution in [1.29, 1.82) is 0 Å². The molecule has 9 N–H and O–H groups in total. The summed E-state index contributed by atoms with van der Waals surface area (Å²) in [5.74, 6) is -3.47. The quantitative estimate of drug-likeness (QED) is 0.0484. The van der Waals surface area contributed by atoms with Crippen LogP contribution >= 0.6 is 0 Å². The number of fused-ring (bicyclic) bond motifs is 1. The van der Waals surface area contributed by atoms with E-state index in [1.165, 1.54) is 42.6 Å². The first-order chi connectivity index (χ1) is 27.4. The van der Waals surface area contributed by atoms with Gasteiger partial charge >= 0.3 is 5.97 Å². The molecule has 4 aromatic rings. The number of nitrogens with zero attached hydrogens (tertiary/aromatic N) is 3. The van der Waals surface area contributed by atoms with Crippen LogP contribution in [0.5, 0.6) is 0 Å². The maximum absolute atomic E-state index is 13.0. The highest BCUT2D eigenvalue weighted by molar-refractivity contribution is 5.97. The van der Waals surface area contributed by atoms with Gasteiger partial charge in [0.2, 0.25) is 17.8 Å². The molecule has 0 fully saturated rings. The molecule has 57 heavy (non-hydrogen) atoms. The second-order valence-corrected chi connectivity index (χ2v) is 12.6. The Hall–Kier alpha value is -6.54. The lowest BCUT2D eigenvalue weighted by molar-refractivity contribution is -0.139. The van der Waals surface area contributed by atoms with Crippen LogP contribution in [0.4, 0.5) is 16.0 Å². The molecule has 0 aliphatic rings. The van der Waals surface area contributed by atoms with E-state index in [9.17, 15) is 38.3 Å². The maximum Gasteiger partial charge on any atom is 0.326 e. The molecule has 2 unspecified atom stereocenters. The Morgan fingerprint density at radius 2 is 1.51 bits per heavy atom. The molecule has 0 saturated heterocycles. The van der Waals surface area contributed by atoms with Gasteiger partial charge in [-0.2, -0.15) is 4.98 Å². The number of ether oxygens (including phenoxy) is 2. The molecule has 4 rings (SSSR count). The average molecular weight is 793 g/mol. The minimum Gasteiger partial charge on any atom is -0.480 e. The molecule has 4 amide bonds. The van der Waals surface area contributed by atoms with Gasteiger partial charge in [0, 0.05) is 55.9 Å². The summed E-state index contributed by atoms with van der Waals surface area (Å²) in [5.41, 5.74) is 6.79. The Morgan fingerprint density at radius 1 is 0.842 bits per heavy atom. The molecule has 0 saturated carbocycles. The number of anilines is 2. The lowest BCUT2D eigenvalue weighted by Crippen LogP contribution is -2.42. The lowest BCUT2D eigenvalue weighted by atomic mass is 10.1. The number of nitrogens with two attached hydrogens (primary N) is 1. The number of halogens is 1. The fourth-order valence-corrected chi connectivity index (χ4v) is 5.07. The van der Waals surface area contributed by atoms with E-state index >= 15 is 0 Å². The molecule has 2 aromatic carbocycles. The number of aromatic amines is 1. The van der Waals surface area contributed by atoms with Crippen LogP contribution < -0.4 is 37.9 Å². The Morgan fingerprint density at radius 3 is 2.21 bits per heavy atom. The monoisotopic (exact) mass is 792 g/mol. The number of aliphatic carboxylic acids is 1. The molecule has 2 aromatic heterocycles. The number of carboxylic acids is 1. The molecule has 0 aliphatic heterocycles. The van der Waals surface area contributed by atoms with Crippen LogP contribution in [0.15, 0.2) is 59.5 Å². The number of hydrogen-bond acceptors (Lipinski definition) is 13. The van der Waals surface area contributed by atoms with Crippen molar-refractivity contribution in [2.45, 2.75) is 51.3 Å². The van der Waals surface area contributed by atoms with Gasteiger partial charge in [0.15, 0.2) is 11.2 Å². The van der Waals surface area contributed by atoms with Crippen molar-refractivity contribution >= 4 is 52.4 Å². The van der Waals surface area contributed by atoms with Crippen molar-refractivity contribution in [3.8, 4) is 0 Å². The van der Waals surface area contributed by atoms with Gasteiger partial charge in [0.05, 0.1) is 37.8 Å². The Bertz CT molecular complexity index is 2050. The second-order valence-electron chi connectivity index (χ2n) is 12.6. The van der Waals surface area contributed by atoms with Crippen LogP contribution in [0, 0.1) is 5.82 Å². The Labute approximate surface area is 325 Å². The molecule has 0 aliphatic carbocycles. The highest BCUT2D eigenvalue weighted by Crippen LogP contribution is 2.13. The standard InChI is InChI=1S/C37H45FN10O9/c1-22(12-17-56-19-16-42-33(51)23-2-6-25(38)7-3-23)57-18-13-30(50)41-15-14-40-29(49)11-10-28(36(54)55)46-34(52)24-4-8-26(9-5-24)43-20-27-21-44-32-31(45-27)35(53)48-37(39)47-32/h2-9,21-22,28,43H,10-20H2,1H3,(H,40,49)(H,41,50)(H,42,51)(H,46,52)(H,54,55)(H3,39,44,47,48,53). The molecule has 304 valence electrons. The third kappa shape index (κ3) is 14.9. The molecular weight excluding hydrogens is 747 g/mol. The fraction of sp³-hybridized carbons (Fsp3) is 0.378. The summed E-state index contributed by atoms with van der Waals surface area (Å²) in [6, 6.07) is 10.1. The van der Waals surface area contributed by atoms with Gasteiger partial charge < -0.3 is 46.9 Å². The maximum atomic E-state index is 13.0. The number of amides is 4. The number of carbonyl (C=O) groups is 5. The Kier molecular flexibility index (Phi) is 16.8. The van der Waals surface area contributed by atoms with Crippen molar-refractivity contribution in [2.24, 2.45) is 0 Å². The predicted molar refractivity (Wildman–Crippen MR) is 204 cm³/mol. The molecule has 0 bridgehead atoms. The van der Waals surface area contributed by atoms with Gasteiger partial charge in [0.25, 0.3) is 17.4 Å². The van der Waals surface area contributed by atoms with E-state index in [1.54, 1.807) is 12.1 Å². The van der Waals surface area contributed by atoms with Gasteiger partial charge in [0.1, 0.15) is 11.9 Å². The second kappa shape index (κ2) is 22.1. The third-order valence-electron chi connectivity index (χ3n) is 8.18. The number of benzene rings is 2. The van der Waals surface area contributed by atoms with E-state index in [4.69, 9.17) is 15.2 Å². The van der Waals surface area contributed by atoms with E-state index in [-0.39, 0.29) is 86.1 Å². The number of nitrogens with one attached hydrogen (secondary N) is 6. The number of rotatable bonds is 23. The summed E-state index contributed by atoms with van der Waals surface area (Å²) in [6.45, 7) is 3.46. The van der Waals surface area contributed by atoms with Crippen molar-refractivity contribution in [3.05, 3.63) is 87.7 Å². The zero-order valence-corrected chi connectivity index (χ0v) is 31.1. The van der Waals surface area contributed by atoms with Crippen LogP contribution in [0.2, 0.25) is 0 Å². The minimum atomic E-state index is -1.32. The van der Waals surface area contributed by atoms with Crippen LogP contribution in [-0.2, 0) is 30.4 Å². The van der Waals surface area contributed by atoms with Crippen LogP contribution in [-0.4, -0.2) is 106 Å². The predicted octanol–water partition coefficient (Wildman–Crippen LogP) is 0.874. The van der Waals surface area contributed by atoms with E-state index in [0.717, 1.165) is 0 Å². The SMILES string of the molecule is CC(CCOCCNC(=O)c1ccc(F)cc1)OCCC(=O)NCCNC(=O)CCC(NC(=O)c1ccc(NCc2cnc3nc(N)[nH]c(=O)c3n2)cc1)C(=O)O. The molecule has 19 nitrogen and oxygen atoms in total. The van der Waals surface area contributed by atoms with Gasteiger partial charge in [-0.25, -0.2) is 19.2 Å². The summed E-state index contributed by atoms with van der Waals surface area (Å²) in [6.07, 6.45) is 1.61. The summed E-state index contributed by atoms with van der Waals surface area (Å²) in [4.78, 5) is 87.8. The number of nitrogen functional groups attached to an aromatic ring is 1. The molecule has 2 heterocycles. The largest absolute Gasteiger partial charge is 0.480 e. The van der Waals surface area contributed by atoms with E-state index in [2.05, 4.69) is 46.5 Å². The number of carbonyl (C=O) groups excluding carboxylic acids is 4. The normalized spacial score (nSPS) is 12.0. The topological polar surface area (TPSA) is 282 Å². The number of aromatic nitrogens is 4. The van der Waals surface area contributed by atoms with E-state index < -0.39 is 35.2 Å². The molecule has 0 spiro atoms. The molecule has 20 heteroatoms. The van der Waals surface area contributed by atoms with Crippen LogP contribution in [0.1, 0.15) is 59.0 Å². The van der Waals surface area contributed by atoms with E-state index in [1.807, 2.05) is 6.92 Å². The van der Waals surface area contributed by atoms with E-state index in [0.29, 0.717) is 43.1 Å². The first kappa shape index (κ1) is 43.2. The van der Waals surface area contributed by atoms with Crippen molar-refractivity contribution < 1.29 is 42.9 Å². The highest BCUT2D eigenvalue weighted by Gasteiger charge is 2.22. The Balaban J connectivity index is 1.03. The summed E-state index contributed by atoms with van der Waals surface area (Å²) < 4.78 is 24.1. The zero-order valence-electron chi connectivity index (χ0n) is 31.1. The molecular formula is C37H45FN10O9. The number of carboxylic acid groups (broad SMARTS) is 1. The van der Waals surface area contributed by atoms with Crippen molar-refractivity contribution in [3.63, 3.8) is 0 Å². The molecule has 2 atom stereocenters. The average Bonchev–Trinajstić information content (AvgIpc) is 3.18. The lowest BCUT2D eigenvalue weighted by Gasteiger charge is -2.15. The summed E-state index contributed by atoms with van der Waals surface area (Å²) in [7, 11) is 0. The fourth-order valence-electron chi connectivity index (χ4n) is 5.07. The van der Waals surface area contributed by atoms with Crippen LogP contribution in [0.3, 0.4) is 0 Å². The zero-order chi connectivity index (χ0) is 41.2. The third-order valence-corrected chi connectivity index (χ3v) is 8.18. The highest BCUT2D eigenvalue weighted by atomic mass is 19.1. The van der Waals surface area contributed by atoms with Gasteiger partial charge in [-0.05, 0) is 68.3 Å². The summed E-state index contributed by atoms with van der Waals surface area (Å²) in [5, 5.41) is 23.1. The minimum absolute atomic E-state index is 0.0407. The number of H-pyrrole nitrogens is 1. The van der Waals surface area contributed by atoms with Crippen LogP contribution in [0.25, 0.3) is 11.2 Å². The smallest absolute Gasteiger partial charge is 0.326 e.